The Morgan fingerprint density at radius 3 is 2.21 bits per heavy atom. The Balaban J connectivity index is 2.10. The molecule has 104 valence electrons. The lowest BCUT2D eigenvalue weighted by atomic mass is 9.82. The van der Waals surface area contributed by atoms with Crippen LogP contribution in [0.3, 0.4) is 0 Å². The second-order valence-corrected chi connectivity index (χ2v) is 6.10. The smallest absolute Gasteiger partial charge is 0.161 e. The Morgan fingerprint density at radius 2 is 1.63 bits per heavy atom. The second-order valence-electron chi connectivity index (χ2n) is 6.10. The molecule has 19 heavy (non-hydrogen) atoms. The zero-order valence-electron chi connectivity index (χ0n) is 11.9. The summed E-state index contributed by atoms with van der Waals surface area (Å²) in [6.45, 7) is 5.70. The number of nitrogens with two attached hydrogens (primary N) is 1. The summed E-state index contributed by atoms with van der Waals surface area (Å²) in [7, 11) is 0. The molecule has 0 radical (unpaired) electrons. The third-order valence-corrected chi connectivity index (χ3v) is 4.37. The van der Waals surface area contributed by atoms with Gasteiger partial charge in [-0.3, -0.25) is 0 Å². The van der Waals surface area contributed by atoms with E-state index in [1.807, 2.05) is 0 Å². The first kappa shape index (κ1) is 12.8. The molecule has 2 aliphatic rings. The minimum absolute atomic E-state index is 0.171. The lowest BCUT2D eigenvalue weighted by molar-refractivity contribution is 0.170. The molecule has 0 spiro atoms. The van der Waals surface area contributed by atoms with E-state index in [1.165, 1.54) is 24.0 Å². The predicted molar refractivity (Wildman–Crippen MR) is 75.9 cm³/mol. The van der Waals surface area contributed by atoms with Crippen LogP contribution in [0.25, 0.3) is 0 Å². The van der Waals surface area contributed by atoms with Crippen molar-refractivity contribution in [2.45, 2.75) is 51.0 Å². The fraction of sp³-hybridized carbons (Fsp3) is 0.625. The van der Waals surface area contributed by atoms with Crippen molar-refractivity contribution < 1.29 is 9.47 Å². The summed E-state index contributed by atoms with van der Waals surface area (Å²) in [5.74, 6) is 2.19. The van der Waals surface area contributed by atoms with E-state index < -0.39 is 0 Å². The molecule has 1 fully saturated rings. The summed E-state index contributed by atoms with van der Waals surface area (Å²) in [5, 5.41) is 0. The largest absolute Gasteiger partial charge is 0.486 e. The minimum Gasteiger partial charge on any atom is -0.486 e. The van der Waals surface area contributed by atoms with E-state index in [9.17, 15) is 0 Å². The van der Waals surface area contributed by atoms with Crippen molar-refractivity contribution in [1.82, 2.24) is 0 Å². The molecule has 1 aliphatic heterocycles. The highest BCUT2D eigenvalue weighted by Gasteiger charge is 2.35. The van der Waals surface area contributed by atoms with Crippen LogP contribution >= 0.6 is 0 Å². The van der Waals surface area contributed by atoms with E-state index in [0.717, 1.165) is 24.3 Å². The van der Waals surface area contributed by atoms with Crippen LogP contribution in [-0.2, 0) is 5.54 Å². The quantitative estimate of drug-likeness (QED) is 0.888. The van der Waals surface area contributed by atoms with Crippen molar-refractivity contribution in [1.29, 1.82) is 0 Å². The van der Waals surface area contributed by atoms with Gasteiger partial charge in [0.05, 0.1) is 0 Å². The van der Waals surface area contributed by atoms with Crippen LogP contribution in [-0.4, -0.2) is 13.2 Å². The van der Waals surface area contributed by atoms with Crippen LogP contribution < -0.4 is 15.2 Å². The number of benzene rings is 1. The first-order chi connectivity index (χ1) is 9.10. The number of hydrogen-bond donors (Lipinski definition) is 1. The molecule has 1 aromatic rings. The van der Waals surface area contributed by atoms with Gasteiger partial charge in [-0.25, -0.2) is 0 Å². The van der Waals surface area contributed by atoms with Crippen LogP contribution in [0.5, 0.6) is 11.5 Å². The summed E-state index contributed by atoms with van der Waals surface area (Å²) in [4.78, 5) is 0. The van der Waals surface area contributed by atoms with E-state index in [0.29, 0.717) is 19.1 Å². The molecule has 0 atom stereocenters. The van der Waals surface area contributed by atoms with Gasteiger partial charge in [-0.05, 0) is 42.0 Å². The van der Waals surface area contributed by atoms with E-state index in [-0.39, 0.29) is 5.54 Å². The van der Waals surface area contributed by atoms with Gasteiger partial charge in [-0.1, -0.05) is 26.7 Å². The highest BCUT2D eigenvalue weighted by Crippen LogP contribution is 2.44. The zero-order valence-corrected chi connectivity index (χ0v) is 11.9. The fourth-order valence-electron chi connectivity index (χ4n) is 3.29. The summed E-state index contributed by atoms with van der Waals surface area (Å²) < 4.78 is 11.4. The van der Waals surface area contributed by atoms with E-state index in [2.05, 4.69) is 26.0 Å². The average Bonchev–Trinajstić information content (AvgIpc) is 2.85. The maximum Gasteiger partial charge on any atom is 0.161 e. The van der Waals surface area contributed by atoms with Gasteiger partial charge in [0.2, 0.25) is 0 Å². The van der Waals surface area contributed by atoms with E-state index >= 15 is 0 Å². The first-order valence-electron chi connectivity index (χ1n) is 7.33. The summed E-state index contributed by atoms with van der Waals surface area (Å²) in [6.07, 6.45) is 4.60. The highest BCUT2D eigenvalue weighted by molar-refractivity contribution is 5.51. The Labute approximate surface area is 115 Å². The molecule has 3 heteroatoms. The van der Waals surface area contributed by atoms with Gasteiger partial charge in [-0.2, -0.15) is 0 Å². The van der Waals surface area contributed by atoms with Gasteiger partial charge in [0, 0.05) is 5.54 Å². The van der Waals surface area contributed by atoms with Gasteiger partial charge in [-0.15, -0.1) is 0 Å². The molecule has 2 N–H and O–H groups in total. The van der Waals surface area contributed by atoms with Crippen molar-refractivity contribution in [3.8, 4) is 11.5 Å². The minimum atomic E-state index is -0.171. The van der Waals surface area contributed by atoms with E-state index in [1.54, 1.807) is 0 Å². The molecule has 1 saturated carbocycles. The monoisotopic (exact) mass is 261 g/mol. The van der Waals surface area contributed by atoms with Crippen LogP contribution in [0.15, 0.2) is 12.1 Å². The summed E-state index contributed by atoms with van der Waals surface area (Å²) in [5.41, 5.74) is 9.07. The van der Waals surface area contributed by atoms with Crippen molar-refractivity contribution in [2.75, 3.05) is 13.2 Å². The summed E-state index contributed by atoms with van der Waals surface area (Å²) in [6, 6.07) is 4.27. The zero-order chi connectivity index (χ0) is 13.5. The van der Waals surface area contributed by atoms with Crippen LogP contribution in [0.2, 0.25) is 0 Å². The number of fused-ring (bicyclic) bond motifs is 1. The molecule has 0 unspecified atom stereocenters. The van der Waals surface area contributed by atoms with Crippen molar-refractivity contribution in [3.63, 3.8) is 0 Å². The molecule has 0 saturated heterocycles. The van der Waals surface area contributed by atoms with Crippen molar-refractivity contribution >= 4 is 0 Å². The Kier molecular flexibility index (Phi) is 3.17. The normalized spacial score (nSPS) is 20.8. The maximum absolute atomic E-state index is 6.66. The van der Waals surface area contributed by atoms with Gasteiger partial charge in [0.1, 0.15) is 13.2 Å². The third kappa shape index (κ3) is 2.20. The van der Waals surface area contributed by atoms with Crippen LogP contribution in [0.4, 0.5) is 0 Å². The third-order valence-electron chi connectivity index (χ3n) is 4.37. The predicted octanol–water partition coefficient (Wildman–Crippen LogP) is 3.31. The van der Waals surface area contributed by atoms with Gasteiger partial charge >= 0.3 is 0 Å². The van der Waals surface area contributed by atoms with Gasteiger partial charge in [0.15, 0.2) is 11.5 Å². The lowest BCUT2D eigenvalue weighted by Crippen LogP contribution is -2.34. The molecule has 3 nitrogen and oxygen atoms in total. The Bertz CT molecular complexity index is 476. The van der Waals surface area contributed by atoms with Gasteiger partial charge in [0.25, 0.3) is 0 Å². The van der Waals surface area contributed by atoms with Crippen LogP contribution in [0, 0.1) is 0 Å². The van der Waals surface area contributed by atoms with Gasteiger partial charge < -0.3 is 15.2 Å². The number of rotatable bonds is 2. The van der Waals surface area contributed by atoms with Crippen molar-refractivity contribution in [2.24, 2.45) is 5.73 Å². The Hall–Kier alpha value is -1.22. The second kappa shape index (κ2) is 4.71. The number of hydrogen-bond acceptors (Lipinski definition) is 3. The Morgan fingerprint density at radius 1 is 1.05 bits per heavy atom. The topological polar surface area (TPSA) is 44.5 Å². The van der Waals surface area contributed by atoms with E-state index in [4.69, 9.17) is 15.2 Å². The molecule has 0 bridgehead atoms. The first-order valence-corrected chi connectivity index (χ1v) is 7.33. The molecule has 0 aromatic heterocycles. The molecule has 0 amide bonds. The summed E-state index contributed by atoms with van der Waals surface area (Å²) >= 11 is 0. The highest BCUT2D eigenvalue weighted by atomic mass is 16.6. The number of ether oxygens (including phenoxy) is 2. The maximum atomic E-state index is 6.66. The standard InChI is InChI=1S/C16H23NO2/c1-11(2)12-9-14-15(19-8-7-18-14)10-13(12)16(17)5-3-4-6-16/h9-11H,3-8,17H2,1-2H3. The SMILES string of the molecule is CC(C)c1cc2c(cc1C1(N)CCCC1)OCCO2. The fourth-order valence-corrected chi connectivity index (χ4v) is 3.29. The molecule has 1 heterocycles. The molecule has 1 aliphatic carbocycles. The molecule has 3 rings (SSSR count). The lowest BCUT2D eigenvalue weighted by Gasteiger charge is -2.31. The average molecular weight is 261 g/mol. The molecule has 1 aromatic carbocycles. The van der Waals surface area contributed by atoms with Crippen molar-refractivity contribution in [3.05, 3.63) is 23.3 Å². The van der Waals surface area contributed by atoms with Crippen LogP contribution in [0.1, 0.15) is 56.6 Å². The molecular weight excluding hydrogens is 238 g/mol. The molecular formula is C16H23NO2.